The van der Waals surface area contributed by atoms with Gasteiger partial charge in [0.15, 0.2) is 0 Å². The minimum atomic E-state index is -0.176. The zero-order valence-corrected chi connectivity index (χ0v) is 22.7. The van der Waals surface area contributed by atoms with Gasteiger partial charge in [-0.3, -0.25) is 9.59 Å². The lowest BCUT2D eigenvalue weighted by molar-refractivity contribution is -0.138. The number of halogens is 1. The molecule has 1 saturated heterocycles. The molecular formula is C28H35BrN4O3. The molecule has 2 atom stereocenters. The number of fused-ring (bicyclic) bond motifs is 1. The number of carbonyl (C=O) groups is 1. The molecule has 3 aromatic rings. The molecule has 36 heavy (non-hydrogen) atoms. The highest BCUT2D eigenvalue weighted by Gasteiger charge is 2.40. The van der Waals surface area contributed by atoms with Crippen LogP contribution in [-0.4, -0.2) is 52.8 Å². The Balaban J connectivity index is 1.44. The fourth-order valence-corrected chi connectivity index (χ4v) is 6.17. The summed E-state index contributed by atoms with van der Waals surface area (Å²) in [6.07, 6.45) is 7.92. The lowest BCUT2D eigenvalue weighted by Gasteiger charge is -2.35. The minimum Gasteiger partial charge on any atom is -0.385 e. The second-order valence-electron chi connectivity index (χ2n) is 10.1. The van der Waals surface area contributed by atoms with E-state index in [2.05, 4.69) is 55.1 Å². The number of rotatable bonds is 9. The second kappa shape index (κ2) is 10.9. The largest absolute Gasteiger partial charge is 0.385 e. The third kappa shape index (κ3) is 5.17. The number of aryl methyl sites for hydroxylation is 2. The number of nitrogens with one attached hydrogen (secondary N) is 1. The number of nitrogens with zero attached hydrogens (tertiary/aromatic N) is 3. The predicted octanol–water partition coefficient (Wildman–Crippen LogP) is 4.02. The fraction of sp³-hybridized carbons (Fsp3) is 0.500. The Hall–Kier alpha value is -2.42. The zero-order valence-electron chi connectivity index (χ0n) is 21.1. The smallest absolute Gasteiger partial charge is 0.250 e. The highest BCUT2D eigenvalue weighted by Crippen LogP contribution is 2.37. The van der Waals surface area contributed by atoms with Crippen LogP contribution >= 0.6 is 15.9 Å². The van der Waals surface area contributed by atoms with Crippen LogP contribution in [0.5, 0.6) is 0 Å². The quantitative estimate of drug-likeness (QED) is 0.405. The molecule has 2 fully saturated rings. The van der Waals surface area contributed by atoms with Gasteiger partial charge in [-0.25, -0.2) is 0 Å². The summed E-state index contributed by atoms with van der Waals surface area (Å²) in [5.41, 5.74) is 3.30. The molecular weight excluding hydrogens is 520 g/mol. The summed E-state index contributed by atoms with van der Waals surface area (Å²) >= 11 is 3.77. The van der Waals surface area contributed by atoms with Crippen molar-refractivity contribution < 1.29 is 9.53 Å². The summed E-state index contributed by atoms with van der Waals surface area (Å²) in [6.45, 7) is 3.68. The Morgan fingerprint density at radius 1 is 1.25 bits per heavy atom. The number of amides is 1. The molecule has 7 nitrogen and oxygen atoms in total. The van der Waals surface area contributed by atoms with Gasteiger partial charge in [-0.15, -0.1) is 0 Å². The Kier molecular flexibility index (Phi) is 7.65. The first kappa shape index (κ1) is 25.2. The van der Waals surface area contributed by atoms with Crippen LogP contribution < -0.4 is 10.9 Å². The predicted molar refractivity (Wildman–Crippen MR) is 145 cm³/mol. The van der Waals surface area contributed by atoms with Crippen LogP contribution in [0.25, 0.3) is 10.9 Å². The third-order valence-corrected chi connectivity index (χ3v) is 8.31. The Labute approximate surface area is 220 Å². The van der Waals surface area contributed by atoms with Crippen molar-refractivity contribution in [2.45, 2.75) is 50.7 Å². The van der Waals surface area contributed by atoms with Gasteiger partial charge in [-0.1, -0.05) is 22.0 Å². The van der Waals surface area contributed by atoms with Crippen LogP contribution in [0.2, 0.25) is 0 Å². The van der Waals surface area contributed by atoms with Gasteiger partial charge in [0, 0.05) is 80.3 Å². The molecule has 2 aromatic heterocycles. The summed E-state index contributed by atoms with van der Waals surface area (Å²) in [5.74, 6) is 0.0729. The SMILES string of the molecule is COCCCn1cc(CN(C(=O)C2CNCC[C@@H]2c2ccn(C)c(=O)c2)C2CC2)c2c(Br)cccc21. The number of piperidine rings is 1. The van der Waals surface area contributed by atoms with Gasteiger partial charge in [0.05, 0.1) is 5.92 Å². The zero-order chi connectivity index (χ0) is 25.2. The van der Waals surface area contributed by atoms with Crippen molar-refractivity contribution in [3.05, 3.63) is 68.7 Å². The molecule has 192 valence electrons. The molecule has 0 radical (unpaired) electrons. The van der Waals surface area contributed by atoms with Crippen molar-refractivity contribution in [1.82, 2.24) is 19.4 Å². The number of hydrogen-bond donors (Lipinski definition) is 1. The average molecular weight is 556 g/mol. The van der Waals surface area contributed by atoms with Crippen molar-refractivity contribution in [2.75, 3.05) is 26.8 Å². The monoisotopic (exact) mass is 554 g/mol. The number of methoxy groups -OCH3 is 1. The van der Waals surface area contributed by atoms with Crippen LogP contribution in [-0.2, 0) is 29.7 Å². The molecule has 3 heterocycles. The number of ether oxygens (including phenoxy) is 1. The first-order valence-corrected chi connectivity index (χ1v) is 13.7. The van der Waals surface area contributed by atoms with Crippen molar-refractivity contribution in [1.29, 1.82) is 0 Å². The molecule has 2 aliphatic rings. The van der Waals surface area contributed by atoms with E-state index in [1.807, 2.05) is 12.3 Å². The summed E-state index contributed by atoms with van der Waals surface area (Å²) in [5, 5.41) is 4.62. The summed E-state index contributed by atoms with van der Waals surface area (Å²) < 4.78 is 10.2. The van der Waals surface area contributed by atoms with Gasteiger partial charge < -0.3 is 24.1 Å². The normalized spacial score (nSPS) is 20.1. The first-order chi connectivity index (χ1) is 17.5. The van der Waals surface area contributed by atoms with E-state index in [1.165, 1.54) is 16.5 Å². The van der Waals surface area contributed by atoms with Crippen LogP contribution in [0.4, 0.5) is 0 Å². The molecule has 1 aromatic carbocycles. The molecule has 0 spiro atoms. The fourth-order valence-electron chi connectivity index (χ4n) is 5.56. The van der Waals surface area contributed by atoms with Crippen LogP contribution in [0, 0.1) is 5.92 Å². The molecule has 1 aliphatic heterocycles. The number of pyridine rings is 1. The second-order valence-corrected chi connectivity index (χ2v) is 11.0. The van der Waals surface area contributed by atoms with Crippen LogP contribution in [0.3, 0.4) is 0 Å². The Bertz CT molecular complexity index is 1300. The van der Waals surface area contributed by atoms with Gasteiger partial charge in [0.25, 0.3) is 5.56 Å². The number of hydrogen-bond acceptors (Lipinski definition) is 4. The maximum absolute atomic E-state index is 14.1. The molecule has 1 saturated carbocycles. The number of benzene rings is 1. The first-order valence-electron chi connectivity index (χ1n) is 12.9. The summed E-state index contributed by atoms with van der Waals surface area (Å²) in [7, 11) is 3.49. The van der Waals surface area contributed by atoms with E-state index in [0.29, 0.717) is 19.7 Å². The van der Waals surface area contributed by atoms with Crippen molar-refractivity contribution in [2.24, 2.45) is 13.0 Å². The van der Waals surface area contributed by atoms with Crippen LogP contribution in [0.1, 0.15) is 42.7 Å². The molecule has 5 rings (SSSR count). The molecule has 1 aliphatic carbocycles. The van der Waals surface area contributed by atoms with Crippen molar-refractivity contribution in [3.8, 4) is 0 Å². The average Bonchev–Trinajstić information content (AvgIpc) is 3.66. The maximum Gasteiger partial charge on any atom is 0.250 e. The van der Waals surface area contributed by atoms with Gasteiger partial charge in [-0.05, 0) is 67.5 Å². The molecule has 0 bridgehead atoms. The van der Waals surface area contributed by atoms with Gasteiger partial charge in [0.2, 0.25) is 5.91 Å². The Morgan fingerprint density at radius 2 is 2.08 bits per heavy atom. The van der Waals surface area contributed by atoms with Gasteiger partial charge in [0.1, 0.15) is 0 Å². The van der Waals surface area contributed by atoms with Gasteiger partial charge >= 0.3 is 0 Å². The highest BCUT2D eigenvalue weighted by atomic mass is 79.9. The van der Waals surface area contributed by atoms with E-state index in [0.717, 1.165) is 48.8 Å². The molecule has 8 heteroatoms. The van der Waals surface area contributed by atoms with E-state index in [-0.39, 0.29) is 29.3 Å². The summed E-state index contributed by atoms with van der Waals surface area (Å²) in [6, 6.07) is 10.3. The summed E-state index contributed by atoms with van der Waals surface area (Å²) in [4.78, 5) is 28.6. The standard InChI is InChI=1S/C28H35BrN4O3/c1-31-13-10-19(15-26(31)34)22-9-11-30-16-23(22)28(35)33(21-7-8-21)18-20-17-32(12-4-14-36-2)25-6-3-5-24(29)27(20)25/h3,5-6,10,13,15,17,21-23,30H,4,7-9,11-12,14,16,18H2,1-2H3/t22-,23?/m1/s1. The number of carbonyl (C=O) groups excluding carboxylic acids is 1. The molecule has 1 unspecified atom stereocenters. The Morgan fingerprint density at radius 3 is 2.83 bits per heavy atom. The third-order valence-electron chi connectivity index (χ3n) is 7.65. The van der Waals surface area contributed by atoms with E-state index in [9.17, 15) is 9.59 Å². The van der Waals surface area contributed by atoms with E-state index < -0.39 is 0 Å². The lowest BCUT2D eigenvalue weighted by Crippen LogP contribution is -2.47. The van der Waals surface area contributed by atoms with E-state index in [1.54, 1.807) is 24.8 Å². The van der Waals surface area contributed by atoms with Crippen molar-refractivity contribution >= 4 is 32.7 Å². The van der Waals surface area contributed by atoms with E-state index >= 15 is 0 Å². The van der Waals surface area contributed by atoms with Gasteiger partial charge in [-0.2, -0.15) is 0 Å². The maximum atomic E-state index is 14.1. The molecule has 1 N–H and O–H groups in total. The molecule has 1 amide bonds. The van der Waals surface area contributed by atoms with E-state index in [4.69, 9.17) is 4.74 Å². The topological polar surface area (TPSA) is 68.5 Å². The minimum absolute atomic E-state index is 0.0255. The lowest BCUT2D eigenvalue weighted by atomic mass is 9.80. The number of aromatic nitrogens is 2. The van der Waals surface area contributed by atoms with Crippen LogP contribution in [0.15, 0.2) is 52.0 Å². The van der Waals surface area contributed by atoms with Crippen molar-refractivity contribution in [3.63, 3.8) is 0 Å². The highest BCUT2D eigenvalue weighted by molar-refractivity contribution is 9.10.